The monoisotopic (exact) mass is 335 g/mol. The van der Waals surface area contributed by atoms with Gasteiger partial charge in [0.2, 0.25) is 0 Å². The standard InChI is InChI=1S/C15H14BrNOS/c16-13-1-4-15(12(7-13)9-18)17(14-2-3-14)8-11-5-6-19-10-11/h1,4-7,9-10,14H,2-3,8H2. The number of halogens is 1. The molecule has 2 nitrogen and oxygen atoms in total. The first-order valence-corrected chi connectivity index (χ1v) is 8.04. The van der Waals surface area contributed by atoms with Gasteiger partial charge in [-0.1, -0.05) is 15.9 Å². The van der Waals surface area contributed by atoms with Gasteiger partial charge >= 0.3 is 0 Å². The predicted octanol–water partition coefficient (Wildman–Crippen LogP) is 4.49. The van der Waals surface area contributed by atoms with Gasteiger partial charge in [-0.3, -0.25) is 4.79 Å². The topological polar surface area (TPSA) is 20.3 Å². The summed E-state index contributed by atoms with van der Waals surface area (Å²) in [6.45, 7) is 0.886. The Hall–Kier alpha value is -1.13. The fraction of sp³-hybridized carbons (Fsp3) is 0.267. The highest BCUT2D eigenvalue weighted by molar-refractivity contribution is 9.10. The number of carbonyl (C=O) groups is 1. The van der Waals surface area contributed by atoms with Crippen molar-refractivity contribution in [3.05, 3.63) is 50.6 Å². The minimum atomic E-state index is 0.583. The summed E-state index contributed by atoms with van der Waals surface area (Å²) in [5.74, 6) is 0. The molecular weight excluding hydrogens is 322 g/mol. The van der Waals surface area contributed by atoms with E-state index < -0.39 is 0 Å². The van der Waals surface area contributed by atoms with Gasteiger partial charge in [-0.25, -0.2) is 0 Å². The van der Waals surface area contributed by atoms with Gasteiger partial charge in [-0.05, 0) is 53.4 Å². The molecule has 0 N–H and O–H groups in total. The summed E-state index contributed by atoms with van der Waals surface area (Å²) >= 11 is 5.14. The molecule has 98 valence electrons. The Balaban J connectivity index is 1.93. The quantitative estimate of drug-likeness (QED) is 0.750. The van der Waals surface area contributed by atoms with Crippen molar-refractivity contribution >= 4 is 39.2 Å². The SMILES string of the molecule is O=Cc1cc(Br)ccc1N(Cc1ccsc1)C1CC1. The van der Waals surface area contributed by atoms with Crippen molar-refractivity contribution in [2.75, 3.05) is 4.90 Å². The third-order valence-electron chi connectivity index (χ3n) is 3.35. The molecule has 0 spiro atoms. The summed E-state index contributed by atoms with van der Waals surface area (Å²) in [5.41, 5.74) is 3.13. The van der Waals surface area contributed by atoms with E-state index in [-0.39, 0.29) is 0 Å². The van der Waals surface area contributed by atoms with Crippen molar-refractivity contribution in [1.82, 2.24) is 0 Å². The lowest BCUT2D eigenvalue weighted by Crippen LogP contribution is -2.25. The molecule has 1 aromatic carbocycles. The molecular formula is C15H14BrNOS. The van der Waals surface area contributed by atoms with Gasteiger partial charge in [0.15, 0.2) is 6.29 Å². The summed E-state index contributed by atoms with van der Waals surface area (Å²) in [6, 6.07) is 8.68. The molecule has 1 heterocycles. The van der Waals surface area contributed by atoms with Crippen molar-refractivity contribution in [2.45, 2.75) is 25.4 Å². The maximum Gasteiger partial charge on any atom is 0.152 e. The van der Waals surface area contributed by atoms with E-state index in [1.165, 1.54) is 18.4 Å². The van der Waals surface area contributed by atoms with Crippen LogP contribution >= 0.6 is 27.3 Å². The van der Waals surface area contributed by atoms with Gasteiger partial charge in [-0.15, -0.1) is 0 Å². The third-order valence-corrected chi connectivity index (χ3v) is 4.57. The van der Waals surface area contributed by atoms with Crippen LogP contribution in [0, 0.1) is 0 Å². The molecule has 0 unspecified atom stereocenters. The van der Waals surface area contributed by atoms with Crippen LogP contribution in [0.4, 0.5) is 5.69 Å². The Bertz CT molecular complexity index is 578. The minimum absolute atomic E-state index is 0.583. The summed E-state index contributed by atoms with van der Waals surface area (Å²) in [7, 11) is 0. The highest BCUT2D eigenvalue weighted by Gasteiger charge is 2.30. The van der Waals surface area contributed by atoms with Crippen molar-refractivity contribution < 1.29 is 4.79 Å². The summed E-state index contributed by atoms with van der Waals surface area (Å²) in [5, 5.41) is 4.28. The smallest absolute Gasteiger partial charge is 0.152 e. The maximum absolute atomic E-state index is 11.3. The molecule has 0 aliphatic heterocycles. The van der Waals surface area contributed by atoms with Gasteiger partial charge in [0.05, 0.1) is 0 Å². The molecule has 1 aliphatic rings. The van der Waals surface area contributed by atoms with Crippen LogP contribution in [0.15, 0.2) is 39.5 Å². The number of hydrogen-bond acceptors (Lipinski definition) is 3. The number of anilines is 1. The molecule has 0 atom stereocenters. The number of aldehydes is 1. The Morgan fingerprint density at radius 2 is 2.21 bits per heavy atom. The minimum Gasteiger partial charge on any atom is -0.364 e. The zero-order chi connectivity index (χ0) is 13.2. The second-order valence-electron chi connectivity index (χ2n) is 4.81. The maximum atomic E-state index is 11.3. The van der Waals surface area contributed by atoms with Crippen LogP contribution in [-0.2, 0) is 6.54 Å². The second-order valence-corrected chi connectivity index (χ2v) is 6.51. The number of carbonyl (C=O) groups excluding carboxylic acids is 1. The molecule has 0 amide bonds. The average molecular weight is 336 g/mol. The van der Waals surface area contributed by atoms with Crippen LogP contribution in [0.1, 0.15) is 28.8 Å². The van der Waals surface area contributed by atoms with E-state index in [0.717, 1.165) is 28.6 Å². The first-order chi connectivity index (χ1) is 9.28. The zero-order valence-electron chi connectivity index (χ0n) is 10.4. The van der Waals surface area contributed by atoms with Gasteiger partial charge in [0.25, 0.3) is 0 Å². The van der Waals surface area contributed by atoms with Crippen molar-refractivity contribution in [2.24, 2.45) is 0 Å². The highest BCUT2D eigenvalue weighted by Crippen LogP contribution is 2.35. The van der Waals surface area contributed by atoms with Gasteiger partial charge in [0.1, 0.15) is 0 Å². The average Bonchev–Trinajstić information content (AvgIpc) is 3.13. The Kier molecular flexibility index (Phi) is 3.71. The number of thiophene rings is 1. The lowest BCUT2D eigenvalue weighted by Gasteiger charge is -2.25. The molecule has 3 rings (SSSR count). The van der Waals surface area contributed by atoms with E-state index in [1.54, 1.807) is 11.3 Å². The largest absolute Gasteiger partial charge is 0.364 e. The summed E-state index contributed by atoms with van der Waals surface area (Å²) < 4.78 is 0.949. The first-order valence-electron chi connectivity index (χ1n) is 6.30. The molecule has 1 saturated carbocycles. The molecule has 0 radical (unpaired) electrons. The van der Waals surface area contributed by atoms with Crippen molar-refractivity contribution in [3.63, 3.8) is 0 Å². The van der Waals surface area contributed by atoms with E-state index in [0.29, 0.717) is 6.04 Å². The summed E-state index contributed by atoms with van der Waals surface area (Å²) in [4.78, 5) is 13.6. The van der Waals surface area contributed by atoms with Crippen LogP contribution in [0.25, 0.3) is 0 Å². The Labute approximate surface area is 125 Å². The van der Waals surface area contributed by atoms with Gasteiger partial charge < -0.3 is 4.90 Å². The van der Waals surface area contributed by atoms with E-state index in [1.807, 2.05) is 18.2 Å². The molecule has 0 bridgehead atoms. The molecule has 2 aromatic rings. The Morgan fingerprint density at radius 3 is 2.84 bits per heavy atom. The van der Waals surface area contributed by atoms with Crippen LogP contribution in [0.3, 0.4) is 0 Å². The number of benzene rings is 1. The molecule has 0 saturated heterocycles. The van der Waals surface area contributed by atoms with Crippen molar-refractivity contribution in [3.8, 4) is 0 Å². The molecule has 1 aromatic heterocycles. The second kappa shape index (κ2) is 5.47. The van der Waals surface area contributed by atoms with Crippen LogP contribution in [0.5, 0.6) is 0 Å². The van der Waals surface area contributed by atoms with E-state index >= 15 is 0 Å². The molecule has 1 aliphatic carbocycles. The van der Waals surface area contributed by atoms with Gasteiger partial charge in [0, 0.05) is 28.3 Å². The number of rotatable bonds is 5. The highest BCUT2D eigenvalue weighted by atomic mass is 79.9. The van der Waals surface area contributed by atoms with E-state index in [4.69, 9.17) is 0 Å². The third kappa shape index (κ3) is 2.90. The normalized spacial score (nSPS) is 14.4. The fourth-order valence-electron chi connectivity index (χ4n) is 2.26. The number of nitrogens with zero attached hydrogens (tertiary/aromatic N) is 1. The molecule has 4 heteroatoms. The first kappa shape index (κ1) is 12.9. The summed E-state index contributed by atoms with van der Waals surface area (Å²) in [6.07, 6.45) is 3.39. The Morgan fingerprint density at radius 1 is 1.37 bits per heavy atom. The van der Waals surface area contributed by atoms with Crippen molar-refractivity contribution in [1.29, 1.82) is 0 Å². The van der Waals surface area contributed by atoms with E-state index in [9.17, 15) is 4.79 Å². The molecule has 19 heavy (non-hydrogen) atoms. The van der Waals surface area contributed by atoms with Crippen LogP contribution in [0.2, 0.25) is 0 Å². The van der Waals surface area contributed by atoms with Gasteiger partial charge in [-0.2, -0.15) is 11.3 Å². The predicted molar refractivity (Wildman–Crippen MR) is 83.1 cm³/mol. The van der Waals surface area contributed by atoms with Crippen LogP contribution < -0.4 is 4.90 Å². The van der Waals surface area contributed by atoms with Crippen LogP contribution in [-0.4, -0.2) is 12.3 Å². The lowest BCUT2D eigenvalue weighted by atomic mass is 10.1. The lowest BCUT2D eigenvalue weighted by molar-refractivity contribution is 0.112. The zero-order valence-corrected chi connectivity index (χ0v) is 12.8. The van der Waals surface area contributed by atoms with E-state index in [2.05, 4.69) is 37.7 Å². The fourth-order valence-corrected chi connectivity index (χ4v) is 3.30. The molecule has 1 fully saturated rings. The number of hydrogen-bond donors (Lipinski definition) is 0.